The molecular weight excluding hydrogens is 290 g/mol. The average molecular weight is 308 g/mol. The van der Waals surface area contributed by atoms with E-state index in [2.05, 4.69) is 0 Å². The van der Waals surface area contributed by atoms with E-state index in [4.69, 9.17) is 0 Å². The maximum atomic E-state index is 11.3. The first-order valence-electron chi connectivity index (χ1n) is 6.08. The Balaban J connectivity index is 0. The topological polar surface area (TPSA) is 74.6 Å². The smallest absolute Gasteiger partial charge is 0.332 e. The van der Waals surface area contributed by atoms with Crippen molar-refractivity contribution in [1.82, 2.24) is 0 Å². The van der Waals surface area contributed by atoms with Gasteiger partial charge in [-0.25, -0.2) is 9.59 Å². The van der Waals surface area contributed by atoms with E-state index in [-0.39, 0.29) is 82.6 Å². The summed E-state index contributed by atoms with van der Waals surface area (Å²) in [5.41, 5.74) is 1.71. The van der Waals surface area contributed by atoms with E-state index in [1.807, 2.05) is 31.2 Å². The molecule has 0 aliphatic heterocycles. The Morgan fingerprint density at radius 1 is 1.05 bits per heavy atom. The SMILES string of the molecule is Cc1ccccc1C/C(C(=O)O)=C(/C(=O)O)C(C)C.[Na].[Na]. The minimum atomic E-state index is -1.17. The van der Waals surface area contributed by atoms with Crippen molar-refractivity contribution in [2.45, 2.75) is 27.2 Å². The molecule has 0 saturated heterocycles. The van der Waals surface area contributed by atoms with Gasteiger partial charge < -0.3 is 10.2 Å². The van der Waals surface area contributed by atoms with E-state index in [1.165, 1.54) is 0 Å². The zero-order valence-corrected chi connectivity index (χ0v) is 17.3. The number of carbonyl (C=O) groups is 2. The van der Waals surface area contributed by atoms with E-state index in [0.717, 1.165) is 11.1 Å². The Labute approximate surface area is 169 Å². The van der Waals surface area contributed by atoms with Crippen LogP contribution in [0.15, 0.2) is 35.4 Å². The van der Waals surface area contributed by atoms with Crippen LogP contribution in [-0.4, -0.2) is 81.3 Å². The summed E-state index contributed by atoms with van der Waals surface area (Å²) in [7, 11) is 0. The van der Waals surface area contributed by atoms with Crippen LogP contribution in [0.1, 0.15) is 25.0 Å². The molecule has 104 valence electrons. The standard InChI is InChI=1S/C15H18O4.2Na/c1-9(2)13(15(18)19)12(14(16)17)8-11-7-5-4-6-10(11)3;;/h4-7,9H,8H2,1-3H3,(H,16,17)(H,18,19);;/b13-12-;;. The summed E-state index contributed by atoms with van der Waals surface area (Å²) in [6.07, 6.45) is 0.127. The molecule has 2 radical (unpaired) electrons. The number of hydrogen-bond acceptors (Lipinski definition) is 2. The number of aryl methyl sites for hydroxylation is 1. The van der Waals surface area contributed by atoms with Gasteiger partial charge in [-0.3, -0.25) is 0 Å². The second kappa shape index (κ2) is 10.6. The fourth-order valence-electron chi connectivity index (χ4n) is 2.01. The third-order valence-electron chi connectivity index (χ3n) is 3.02. The van der Waals surface area contributed by atoms with Gasteiger partial charge in [0, 0.05) is 65.5 Å². The summed E-state index contributed by atoms with van der Waals surface area (Å²) in [5, 5.41) is 18.5. The van der Waals surface area contributed by atoms with E-state index < -0.39 is 11.9 Å². The Hall–Kier alpha value is -0.1000. The van der Waals surface area contributed by atoms with Gasteiger partial charge in [0.2, 0.25) is 0 Å². The van der Waals surface area contributed by atoms with Gasteiger partial charge in [0.05, 0.1) is 11.1 Å². The van der Waals surface area contributed by atoms with E-state index in [1.54, 1.807) is 13.8 Å². The summed E-state index contributed by atoms with van der Waals surface area (Å²) < 4.78 is 0. The molecule has 0 heterocycles. The van der Waals surface area contributed by atoms with Crippen molar-refractivity contribution in [1.29, 1.82) is 0 Å². The molecule has 4 nitrogen and oxygen atoms in total. The first-order valence-corrected chi connectivity index (χ1v) is 6.08. The molecule has 1 rings (SSSR count). The molecule has 0 atom stereocenters. The number of carboxylic acid groups (broad SMARTS) is 2. The summed E-state index contributed by atoms with van der Waals surface area (Å²) >= 11 is 0. The van der Waals surface area contributed by atoms with Crippen LogP contribution in [0.4, 0.5) is 0 Å². The first-order chi connectivity index (χ1) is 8.84. The van der Waals surface area contributed by atoms with Crippen molar-refractivity contribution in [2.75, 3.05) is 0 Å². The zero-order valence-electron chi connectivity index (χ0n) is 13.3. The Bertz CT molecular complexity index is 536. The summed E-state index contributed by atoms with van der Waals surface area (Å²) in [5.74, 6) is -2.68. The third kappa shape index (κ3) is 6.68. The van der Waals surface area contributed by atoms with Crippen LogP contribution < -0.4 is 0 Å². The summed E-state index contributed by atoms with van der Waals surface area (Å²) in [6, 6.07) is 7.38. The van der Waals surface area contributed by atoms with Gasteiger partial charge >= 0.3 is 11.9 Å². The second-order valence-corrected chi connectivity index (χ2v) is 4.76. The molecule has 21 heavy (non-hydrogen) atoms. The van der Waals surface area contributed by atoms with Crippen LogP contribution in [0.2, 0.25) is 0 Å². The van der Waals surface area contributed by atoms with Gasteiger partial charge in [-0.2, -0.15) is 0 Å². The molecule has 0 bridgehead atoms. The van der Waals surface area contributed by atoms with Crippen molar-refractivity contribution < 1.29 is 19.8 Å². The Morgan fingerprint density at radius 3 is 1.95 bits per heavy atom. The minimum absolute atomic E-state index is 0. The van der Waals surface area contributed by atoms with Gasteiger partial charge in [0.25, 0.3) is 0 Å². The van der Waals surface area contributed by atoms with Crippen LogP contribution >= 0.6 is 0 Å². The fraction of sp³-hybridized carbons (Fsp3) is 0.333. The fourth-order valence-corrected chi connectivity index (χ4v) is 2.01. The van der Waals surface area contributed by atoms with E-state index >= 15 is 0 Å². The molecule has 0 aliphatic carbocycles. The van der Waals surface area contributed by atoms with Crippen LogP contribution in [0.25, 0.3) is 0 Å². The molecule has 0 spiro atoms. The second-order valence-electron chi connectivity index (χ2n) is 4.76. The molecule has 0 unspecified atom stereocenters. The van der Waals surface area contributed by atoms with Gasteiger partial charge in [-0.1, -0.05) is 38.1 Å². The van der Waals surface area contributed by atoms with E-state index in [0.29, 0.717) is 0 Å². The molecule has 0 amide bonds. The largest absolute Gasteiger partial charge is 0.478 e. The maximum Gasteiger partial charge on any atom is 0.332 e. The molecule has 6 heteroatoms. The molecule has 1 aromatic rings. The first kappa shape index (κ1) is 23.2. The summed E-state index contributed by atoms with van der Waals surface area (Å²) in [6.45, 7) is 5.25. The number of rotatable bonds is 5. The molecule has 0 fully saturated rings. The average Bonchev–Trinajstić information content (AvgIpc) is 2.29. The molecular formula is C15H18Na2O4. The quantitative estimate of drug-likeness (QED) is 0.643. The van der Waals surface area contributed by atoms with Crippen molar-refractivity contribution in [3.8, 4) is 0 Å². The predicted molar refractivity (Wildman–Crippen MR) is 83.5 cm³/mol. The predicted octanol–water partition coefficient (Wildman–Crippen LogP) is 1.90. The number of hydrogen-bond donors (Lipinski definition) is 2. The molecule has 0 saturated carbocycles. The third-order valence-corrected chi connectivity index (χ3v) is 3.02. The molecule has 2 N–H and O–H groups in total. The molecule has 0 aliphatic rings. The zero-order chi connectivity index (χ0) is 14.6. The van der Waals surface area contributed by atoms with Crippen LogP contribution in [-0.2, 0) is 16.0 Å². The Morgan fingerprint density at radius 2 is 1.57 bits per heavy atom. The van der Waals surface area contributed by atoms with Crippen molar-refractivity contribution >= 4 is 71.1 Å². The van der Waals surface area contributed by atoms with E-state index in [9.17, 15) is 19.8 Å². The van der Waals surface area contributed by atoms with Crippen LogP contribution in [0, 0.1) is 12.8 Å². The van der Waals surface area contributed by atoms with Crippen LogP contribution in [0.5, 0.6) is 0 Å². The van der Waals surface area contributed by atoms with Crippen molar-refractivity contribution in [3.63, 3.8) is 0 Å². The van der Waals surface area contributed by atoms with Gasteiger partial charge in [0.1, 0.15) is 0 Å². The van der Waals surface area contributed by atoms with Crippen LogP contribution in [0.3, 0.4) is 0 Å². The normalized spacial score (nSPS) is 11.0. The van der Waals surface area contributed by atoms with Gasteiger partial charge in [0.15, 0.2) is 0 Å². The Kier molecular flexibility index (Phi) is 11.7. The minimum Gasteiger partial charge on any atom is -0.478 e. The van der Waals surface area contributed by atoms with Gasteiger partial charge in [-0.05, 0) is 24.0 Å². The van der Waals surface area contributed by atoms with Crippen molar-refractivity contribution in [3.05, 3.63) is 46.5 Å². The molecule has 0 aromatic heterocycles. The van der Waals surface area contributed by atoms with Crippen molar-refractivity contribution in [2.24, 2.45) is 5.92 Å². The maximum absolute atomic E-state index is 11.3. The number of benzene rings is 1. The summed E-state index contributed by atoms with van der Waals surface area (Å²) in [4.78, 5) is 22.6. The number of carboxylic acids is 2. The molecule has 1 aromatic carbocycles. The monoisotopic (exact) mass is 308 g/mol. The number of aliphatic carboxylic acids is 2. The van der Waals surface area contributed by atoms with Gasteiger partial charge in [-0.15, -0.1) is 0 Å².